The van der Waals surface area contributed by atoms with Crippen molar-refractivity contribution in [1.82, 2.24) is 10.3 Å². The molecule has 1 aliphatic rings. The van der Waals surface area contributed by atoms with E-state index in [1.165, 1.54) is 0 Å². The molecule has 1 saturated heterocycles. The Hall–Kier alpha value is -2.10. The Balaban J connectivity index is 2.21. The van der Waals surface area contributed by atoms with Crippen LogP contribution in [0.25, 0.3) is 0 Å². The maximum absolute atomic E-state index is 11.4. The van der Waals surface area contributed by atoms with Crippen molar-refractivity contribution in [2.75, 3.05) is 5.32 Å². The molecule has 0 bridgehead atoms. The van der Waals surface area contributed by atoms with E-state index in [4.69, 9.17) is 0 Å². The fraction of sp³-hybridized carbons (Fsp3) is 0.286. The van der Waals surface area contributed by atoms with Crippen LogP contribution in [0.15, 0.2) is 47.6 Å². The SMILES string of the molecule is C/C=C1/NC(=O)CC/C1=C(/C)Nc1ccncc1. The second kappa shape index (κ2) is 5.49. The zero-order chi connectivity index (χ0) is 13.0. The molecule has 1 fully saturated rings. The van der Waals surface area contributed by atoms with Crippen LogP contribution in [0.3, 0.4) is 0 Å². The first-order valence-electron chi connectivity index (χ1n) is 6.04. The van der Waals surface area contributed by atoms with Crippen LogP contribution in [0.1, 0.15) is 26.7 Å². The number of amides is 1. The summed E-state index contributed by atoms with van der Waals surface area (Å²) in [5.74, 6) is 0.0866. The first-order chi connectivity index (χ1) is 8.70. The third-order valence-electron chi connectivity index (χ3n) is 2.95. The van der Waals surface area contributed by atoms with Gasteiger partial charge in [0.15, 0.2) is 0 Å². The fourth-order valence-electron chi connectivity index (χ4n) is 2.02. The summed E-state index contributed by atoms with van der Waals surface area (Å²) in [5.41, 5.74) is 4.14. The number of hydrogen-bond donors (Lipinski definition) is 2. The van der Waals surface area contributed by atoms with Gasteiger partial charge in [0.05, 0.1) is 0 Å². The van der Waals surface area contributed by atoms with E-state index in [1.807, 2.05) is 32.1 Å². The summed E-state index contributed by atoms with van der Waals surface area (Å²) in [5, 5.41) is 6.23. The maximum atomic E-state index is 11.4. The van der Waals surface area contributed by atoms with E-state index in [0.717, 1.165) is 29.1 Å². The van der Waals surface area contributed by atoms with Crippen LogP contribution < -0.4 is 10.6 Å². The van der Waals surface area contributed by atoms with Crippen molar-refractivity contribution in [3.05, 3.63) is 47.6 Å². The lowest BCUT2D eigenvalue weighted by Crippen LogP contribution is -2.29. The third kappa shape index (κ3) is 2.77. The molecule has 1 aliphatic heterocycles. The second-order valence-corrected chi connectivity index (χ2v) is 4.21. The van der Waals surface area contributed by atoms with E-state index in [1.54, 1.807) is 12.4 Å². The zero-order valence-electron chi connectivity index (χ0n) is 10.7. The maximum Gasteiger partial charge on any atom is 0.224 e. The van der Waals surface area contributed by atoms with Crippen molar-refractivity contribution >= 4 is 11.6 Å². The topological polar surface area (TPSA) is 54.0 Å². The van der Waals surface area contributed by atoms with E-state index < -0.39 is 0 Å². The number of allylic oxidation sites excluding steroid dienone is 3. The Morgan fingerprint density at radius 1 is 1.39 bits per heavy atom. The summed E-state index contributed by atoms with van der Waals surface area (Å²) < 4.78 is 0. The Kier molecular flexibility index (Phi) is 3.77. The van der Waals surface area contributed by atoms with E-state index in [-0.39, 0.29) is 5.91 Å². The number of carbonyl (C=O) groups excluding carboxylic acids is 1. The number of nitrogens with zero attached hydrogens (tertiary/aromatic N) is 1. The second-order valence-electron chi connectivity index (χ2n) is 4.21. The Bertz CT molecular complexity index is 503. The molecule has 0 atom stereocenters. The number of hydrogen-bond acceptors (Lipinski definition) is 3. The van der Waals surface area contributed by atoms with Gasteiger partial charge in [0.2, 0.25) is 5.91 Å². The van der Waals surface area contributed by atoms with Crippen LogP contribution >= 0.6 is 0 Å². The number of nitrogens with one attached hydrogen (secondary N) is 2. The highest BCUT2D eigenvalue weighted by atomic mass is 16.1. The number of pyridine rings is 1. The summed E-state index contributed by atoms with van der Waals surface area (Å²) >= 11 is 0. The van der Waals surface area contributed by atoms with Gasteiger partial charge in [-0.25, -0.2) is 0 Å². The normalized spacial score (nSPS) is 20.6. The number of rotatable bonds is 2. The van der Waals surface area contributed by atoms with Crippen LogP contribution in [0.4, 0.5) is 5.69 Å². The van der Waals surface area contributed by atoms with Gasteiger partial charge in [-0.15, -0.1) is 0 Å². The number of carbonyl (C=O) groups is 1. The van der Waals surface area contributed by atoms with Gasteiger partial charge < -0.3 is 10.6 Å². The van der Waals surface area contributed by atoms with Gasteiger partial charge in [-0.2, -0.15) is 0 Å². The first kappa shape index (κ1) is 12.4. The molecule has 0 saturated carbocycles. The molecular formula is C14H17N3O. The molecule has 0 unspecified atom stereocenters. The van der Waals surface area contributed by atoms with Gasteiger partial charge >= 0.3 is 0 Å². The monoisotopic (exact) mass is 243 g/mol. The third-order valence-corrected chi connectivity index (χ3v) is 2.95. The van der Waals surface area contributed by atoms with Crippen molar-refractivity contribution in [2.45, 2.75) is 26.7 Å². The molecule has 18 heavy (non-hydrogen) atoms. The van der Waals surface area contributed by atoms with Crippen molar-refractivity contribution in [3.63, 3.8) is 0 Å². The van der Waals surface area contributed by atoms with Crippen LogP contribution in [0, 0.1) is 0 Å². The van der Waals surface area contributed by atoms with Crippen molar-refractivity contribution < 1.29 is 4.79 Å². The molecule has 0 aliphatic carbocycles. The minimum atomic E-state index is 0.0866. The van der Waals surface area contributed by atoms with Crippen molar-refractivity contribution in [3.8, 4) is 0 Å². The molecule has 1 aromatic rings. The van der Waals surface area contributed by atoms with E-state index in [2.05, 4.69) is 15.6 Å². The Morgan fingerprint density at radius 2 is 2.11 bits per heavy atom. The average Bonchev–Trinajstić information content (AvgIpc) is 2.39. The summed E-state index contributed by atoms with van der Waals surface area (Å²) in [6.45, 7) is 3.96. The number of anilines is 1. The average molecular weight is 243 g/mol. The van der Waals surface area contributed by atoms with Gasteiger partial charge in [0, 0.05) is 35.9 Å². The highest BCUT2D eigenvalue weighted by Crippen LogP contribution is 2.23. The zero-order valence-corrected chi connectivity index (χ0v) is 10.7. The molecule has 2 rings (SSSR count). The van der Waals surface area contributed by atoms with Gasteiger partial charge in [0.1, 0.15) is 0 Å². The molecule has 4 nitrogen and oxygen atoms in total. The minimum Gasteiger partial charge on any atom is -0.359 e. The molecule has 0 aromatic carbocycles. The lowest BCUT2D eigenvalue weighted by Gasteiger charge is -2.22. The van der Waals surface area contributed by atoms with Crippen LogP contribution in [-0.4, -0.2) is 10.9 Å². The van der Waals surface area contributed by atoms with Crippen LogP contribution in [0.2, 0.25) is 0 Å². The minimum absolute atomic E-state index is 0.0866. The molecule has 2 N–H and O–H groups in total. The lowest BCUT2D eigenvalue weighted by molar-refractivity contribution is -0.120. The van der Waals surface area contributed by atoms with E-state index in [9.17, 15) is 4.79 Å². The van der Waals surface area contributed by atoms with Gasteiger partial charge in [0.25, 0.3) is 0 Å². The molecule has 4 heteroatoms. The molecule has 0 radical (unpaired) electrons. The van der Waals surface area contributed by atoms with Gasteiger partial charge in [-0.05, 0) is 38.0 Å². The highest BCUT2D eigenvalue weighted by Gasteiger charge is 2.18. The molecule has 1 aromatic heterocycles. The van der Waals surface area contributed by atoms with E-state index >= 15 is 0 Å². The van der Waals surface area contributed by atoms with Crippen LogP contribution in [0.5, 0.6) is 0 Å². The first-order valence-corrected chi connectivity index (χ1v) is 6.04. The molecule has 0 spiro atoms. The van der Waals surface area contributed by atoms with Crippen molar-refractivity contribution in [2.24, 2.45) is 0 Å². The fourth-order valence-corrected chi connectivity index (χ4v) is 2.02. The highest BCUT2D eigenvalue weighted by molar-refractivity contribution is 5.81. The largest absolute Gasteiger partial charge is 0.359 e. The number of piperidine rings is 1. The van der Waals surface area contributed by atoms with Gasteiger partial charge in [-0.1, -0.05) is 6.08 Å². The smallest absolute Gasteiger partial charge is 0.224 e. The Labute approximate surface area is 107 Å². The molecule has 2 heterocycles. The van der Waals surface area contributed by atoms with Crippen LogP contribution in [-0.2, 0) is 4.79 Å². The predicted molar refractivity (Wildman–Crippen MR) is 71.7 cm³/mol. The molecule has 1 amide bonds. The summed E-state index contributed by atoms with van der Waals surface area (Å²) in [6.07, 6.45) is 6.75. The summed E-state index contributed by atoms with van der Waals surface area (Å²) in [6, 6.07) is 3.83. The molecule has 94 valence electrons. The Morgan fingerprint density at radius 3 is 2.78 bits per heavy atom. The molecular weight excluding hydrogens is 226 g/mol. The summed E-state index contributed by atoms with van der Waals surface area (Å²) in [7, 11) is 0. The predicted octanol–water partition coefficient (Wildman–Crippen LogP) is 2.58. The number of aromatic nitrogens is 1. The van der Waals surface area contributed by atoms with Crippen molar-refractivity contribution in [1.29, 1.82) is 0 Å². The summed E-state index contributed by atoms with van der Waals surface area (Å²) in [4.78, 5) is 15.3. The quantitative estimate of drug-likeness (QED) is 0.839. The van der Waals surface area contributed by atoms with E-state index in [0.29, 0.717) is 6.42 Å². The lowest BCUT2D eigenvalue weighted by atomic mass is 9.99. The standard InChI is InChI=1S/C14H17N3O/c1-3-13-12(4-5-14(18)17-13)10(2)16-11-6-8-15-9-7-11/h3,6-9H,4-5H2,1-2H3,(H,15,16)(H,17,18)/b12-10+,13-3+. The van der Waals surface area contributed by atoms with Gasteiger partial charge in [-0.3, -0.25) is 9.78 Å².